The van der Waals surface area contributed by atoms with E-state index < -0.39 is 32.5 Å². The first-order chi connectivity index (χ1) is 63.3. The SMILES string of the molecule is CCC(C)(C)C(=O)OC1OC(C)CC12CCCCC2.CCC(C)(C)C(=O)OC1OCC2C3CCC(C3)C12.CCC(C)(C)C(=O)OC1OCC2C3CCC(C3)C12C.CCC(C)(C)C(=O)OCOC1C(C)(C)CCC1(C)C.CCC(C)(C)C(=O)OCOC1C(C)(C)CCCC1(C)C.CCC(C)(C)C(=O)OCOC1C2(C)CCC(C2)C1(C)C.CCC(C)(C)C(=O)OCOCC1(C)C2CC3CC(C2)CC1C3. The van der Waals surface area contributed by atoms with E-state index in [4.69, 9.17) is 66.3 Å². The van der Waals surface area contributed by atoms with Crippen LogP contribution < -0.4 is 0 Å². The Labute approximate surface area is 832 Å². The second kappa shape index (κ2) is 45.6. The van der Waals surface area contributed by atoms with Crippen molar-refractivity contribution in [1.82, 2.24) is 0 Å². The molecule has 137 heavy (non-hydrogen) atoms. The zero-order chi connectivity index (χ0) is 102. The van der Waals surface area contributed by atoms with Gasteiger partial charge in [0.1, 0.15) is 0 Å². The molecule has 0 N–H and O–H groups in total. The lowest BCUT2D eigenvalue weighted by Crippen LogP contribution is -2.53. The Morgan fingerprint density at radius 2 is 0.752 bits per heavy atom. The topological polar surface area (TPSA) is 249 Å². The average Bonchev–Trinajstić information content (AvgIpc) is 1.53. The Hall–Kier alpha value is -3.99. The Balaban J connectivity index is 0.000000179. The summed E-state index contributed by atoms with van der Waals surface area (Å²) in [4.78, 5) is 84.5. The molecule has 13 aliphatic carbocycles. The molecule has 15 unspecified atom stereocenters. The molecular formula is C116H202O21. The molecule has 3 aliphatic heterocycles. The van der Waals surface area contributed by atoms with E-state index in [0.717, 1.165) is 157 Å². The first-order valence-corrected chi connectivity index (χ1v) is 55.0. The van der Waals surface area contributed by atoms with Crippen LogP contribution in [-0.2, 0) is 99.9 Å². The Morgan fingerprint density at radius 1 is 0.350 bits per heavy atom. The highest BCUT2D eigenvalue weighted by Crippen LogP contribution is 2.67. The molecule has 10 bridgehead atoms. The van der Waals surface area contributed by atoms with Crippen molar-refractivity contribution in [3.63, 3.8) is 0 Å². The number of carbonyl (C=O) groups is 7. The second-order valence-electron chi connectivity index (χ2n) is 54.7. The van der Waals surface area contributed by atoms with Crippen molar-refractivity contribution < 1.29 is 99.9 Å². The van der Waals surface area contributed by atoms with Crippen LogP contribution in [0, 0.1) is 158 Å². The van der Waals surface area contributed by atoms with Crippen LogP contribution in [0.4, 0.5) is 0 Å². The molecule has 792 valence electrons. The van der Waals surface area contributed by atoms with Crippen molar-refractivity contribution in [3.8, 4) is 0 Å². The lowest BCUT2D eigenvalue weighted by molar-refractivity contribution is -0.204. The first kappa shape index (κ1) is 117. The van der Waals surface area contributed by atoms with Gasteiger partial charge in [-0.3, -0.25) is 33.6 Å². The Kier molecular flexibility index (Phi) is 38.8. The van der Waals surface area contributed by atoms with Crippen molar-refractivity contribution in [2.75, 3.05) is 47.0 Å². The van der Waals surface area contributed by atoms with E-state index in [1.807, 2.05) is 145 Å². The van der Waals surface area contributed by atoms with Gasteiger partial charge in [0, 0.05) is 16.7 Å². The zero-order valence-electron chi connectivity index (χ0n) is 93.6. The van der Waals surface area contributed by atoms with Crippen molar-refractivity contribution >= 4 is 41.8 Å². The van der Waals surface area contributed by atoms with Crippen molar-refractivity contribution in [2.24, 2.45) is 158 Å². The summed E-state index contributed by atoms with van der Waals surface area (Å²) < 4.78 is 79.8. The fourth-order valence-corrected chi connectivity index (χ4v) is 27.2. The summed E-state index contributed by atoms with van der Waals surface area (Å²) in [5.41, 5.74) is -1.40. The summed E-state index contributed by atoms with van der Waals surface area (Å²) in [5, 5.41) is 0. The van der Waals surface area contributed by atoms with Gasteiger partial charge in [0.15, 0.2) is 27.2 Å². The molecule has 0 aromatic heterocycles. The van der Waals surface area contributed by atoms with E-state index in [9.17, 15) is 33.6 Å². The Morgan fingerprint density at radius 3 is 1.19 bits per heavy atom. The van der Waals surface area contributed by atoms with E-state index >= 15 is 0 Å². The molecule has 0 aromatic rings. The normalized spacial score (nSPS) is 33.9. The van der Waals surface area contributed by atoms with Gasteiger partial charge in [-0.2, -0.15) is 0 Å². The standard InChI is InChI=1S/C19H32O3.C17H30O3.C17H32O3.C16H26O3.C16H28O3.C16H30O3.C15H24O3/c1-5-18(2,3)17(20)22-12-21-11-19(4)15-7-13-6-14(9-15)10-16(19)8-13;1-7-15(2,3)14(18)20-11-19-13-16(4,5)12-8-9-17(13,6)10-12;1-8-15(2,3)14(18)20-12-19-13-16(4,5)10-9-11-17(13,6)7;1-5-15(2,3)13(17)19-14-16(4)11-7-6-10(8-11)12(16)9-18-14;1-5-15(3,4)13(17)19-14-16(11-12(2)18-14)9-7-6-8-10-16;1-8-14(2,3)13(17)19-11-18-12-15(4,5)9-10-16(12,6)7;1-4-15(2,3)14(16)18-13-12-10-6-5-9(7-10)11(12)8-17-13/h13-16H,5-12H2,1-4H3;12-13H,7-11H2,1-6H3;13H,8-12H2,1-7H3;10-12,14H,5-9H2,1-4H3;12,14H,5-11H2,1-4H3;12H,8-11H2,1-7H3;9-13H,4-8H2,1-3H3. The maximum absolute atomic E-state index is 12.3. The van der Waals surface area contributed by atoms with Crippen molar-refractivity contribution in [2.45, 2.75) is 491 Å². The van der Waals surface area contributed by atoms with Gasteiger partial charge in [0.2, 0.25) is 18.9 Å². The number of ether oxygens (including phenoxy) is 14. The van der Waals surface area contributed by atoms with Gasteiger partial charge in [0.25, 0.3) is 0 Å². The van der Waals surface area contributed by atoms with Gasteiger partial charge in [-0.15, -0.1) is 0 Å². The molecule has 16 aliphatic rings. The van der Waals surface area contributed by atoms with Gasteiger partial charge in [-0.1, -0.05) is 164 Å². The highest BCUT2D eigenvalue weighted by molar-refractivity contribution is 5.78. The van der Waals surface area contributed by atoms with E-state index in [1.165, 1.54) is 116 Å². The minimum atomic E-state index is -0.430. The molecule has 13 saturated carbocycles. The molecule has 3 heterocycles. The maximum atomic E-state index is 12.3. The highest BCUT2D eigenvalue weighted by atomic mass is 16.7. The summed E-state index contributed by atoms with van der Waals surface area (Å²) >= 11 is 0. The Bertz CT molecular complexity index is 3820. The third kappa shape index (κ3) is 26.9. The van der Waals surface area contributed by atoms with Crippen molar-refractivity contribution in [3.05, 3.63) is 0 Å². The number of fused-ring (bicyclic) bond motifs is 12. The molecule has 21 heteroatoms. The minimum absolute atomic E-state index is 0.0692. The van der Waals surface area contributed by atoms with Gasteiger partial charge in [-0.25, -0.2) is 0 Å². The molecule has 0 radical (unpaired) electrons. The summed E-state index contributed by atoms with van der Waals surface area (Å²) in [6.45, 7) is 75.3. The second-order valence-corrected chi connectivity index (χ2v) is 54.7. The van der Waals surface area contributed by atoms with Crippen LogP contribution in [0.5, 0.6) is 0 Å². The number of esters is 7. The summed E-state index contributed by atoms with van der Waals surface area (Å²) in [7, 11) is 0. The van der Waals surface area contributed by atoms with Crippen molar-refractivity contribution in [1.29, 1.82) is 0 Å². The van der Waals surface area contributed by atoms with Crippen LogP contribution in [0.25, 0.3) is 0 Å². The summed E-state index contributed by atoms with van der Waals surface area (Å²) in [6.07, 6.45) is 37.1. The number of carbonyl (C=O) groups excluding carboxylic acids is 7. The van der Waals surface area contributed by atoms with E-state index in [1.54, 1.807) is 0 Å². The average molecular weight is 1930 g/mol. The van der Waals surface area contributed by atoms with E-state index in [2.05, 4.69) is 96.9 Å². The fraction of sp³-hybridized carbons (Fsp3) is 0.940. The third-order valence-electron chi connectivity index (χ3n) is 39.7. The highest BCUT2D eigenvalue weighted by Gasteiger charge is 2.66. The first-order valence-electron chi connectivity index (χ1n) is 55.0. The quantitative estimate of drug-likeness (QED) is 0.0280. The largest absolute Gasteiger partial charge is 0.438 e. The van der Waals surface area contributed by atoms with Crippen LogP contribution in [0.1, 0.15) is 448 Å². The predicted molar refractivity (Wildman–Crippen MR) is 538 cm³/mol. The fourth-order valence-electron chi connectivity index (χ4n) is 27.2. The maximum Gasteiger partial charge on any atom is 0.313 e. The lowest BCUT2D eigenvalue weighted by atomic mass is 9.46. The molecule has 0 amide bonds. The minimum Gasteiger partial charge on any atom is -0.438 e. The lowest BCUT2D eigenvalue weighted by Gasteiger charge is -2.60. The molecule has 16 fully saturated rings. The summed E-state index contributed by atoms with van der Waals surface area (Å²) in [5.74, 6) is 8.21. The molecule has 21 nitrogen and oxygen atoms in total. The van der Waals surface area contributed by atoms with Crippen LogP contribution in [0.3, 0.4) is 0 Å². The predicted octanol–water partition coefficient (Wildman–Crippen LogP) is 27.7. The van der Waals surface area contributed by atoms with Gasteiger partial charge in [0.05, 0.1) is 82.1 Å². The summed E-state index contributed by atoms with van der Waals surface area (Å²) in [6, 6.07) is 0. The molecular weight excluding hydrogens is 1730 g/mol. The van der Waals surface area contributed by atoms with E-state index in [-0.39, 0.29) is 161 Å². The van der Waals surface area contributed by atoms with Crippen LogP contribution in [0.15, 0.2) is 0 Å². The number of rotatable bonds is 30. The van der Waals surface area contributed by atoms with Crippen LogP contribution in [-0.4, -0.2) is 132 Å². The van der Waals surface area contributed by atoms with Gasteiger partial charge in [-0.05, 0) is 387 Å². The molecule has 15 atom stereocenters. The molecule has 1 spiro atoms. The van der Waals surface area contributed by atoms with Crippen LogP contribution in [0.2, 0.25) is 0 Å². The third-order valence-corrected chi connectivity index (χ3v) is 39.7. The van der Waals surface area contributed by atoms with Gasteiger partial charge >= 0.3 is 41.8 Å². The van der Waals surface area contributed by atoms with Gasteiger partial charge < -0.3 is 66.3 Å². The van der Waals surface area contributed by atoms with Crippen LogP contribution >= 0.6 is 0 Å². The molecule has 16 rings (SSSR count). The van der Waals surface area contributed by atoms with E-state index in [0.29, 0.717) is 29.1 Å². The zero-order valence-corrected chi connectivity index (χ0v) is 93.6. The number of hydrogen-bond donors (Lipinski definition) is 0. The molecule has 0 aromatic carbocycles. The smallest absolute Gasteiger partial charge is 0.313 e. The monoisotopic (exact) mass is 1930 g/mol. The molecule has 3 saturated heterocycles. The number of hydrogen-bond acceptors (Lipinski definition) is 21.